The Bertz CT molecular complexity index is 639. The maximum atomic E-state index is 13.9. The van der Waals surface area contributed by atoms with Gasteiger partial charge in [-0.25, -0.2) is 19.3 Å². The zero-order chi connectivity index (χ0) is 16.9. The lowest BCUT2D eigenvalue weighted by molar-refractivity contribution is 0.289. The summed E-state index contributed by atoms with van der Waals surface area (Å²) in [6.45, 7) is 1.90. The summed E-state index contributed by atoms with van der Waals surface area (Å²) < 4.78 is 19.0. The van der Waals surface area contributed by atoms with Gasteiger partial charge in [-0.05, 0) is 18.7 Å². The molecule has 2 aromatic rings. The Hall–Kier alpha value is -2.28. The maximum absolute atomic E-state index is 13.9. The predicted octanol–water partition coefficient (Wildman–Crippen LogP) is 1.93. The Morgan fingerprint density at radius 2 is 2.21 bits per heavy atom. The second kappa shape index (κ2) is 7.53. The molecule has 1 saturated heterocycles. The molecule has 6 nitrogen and oxygen atoms in total. The Kier molecular flexibility index (Phi) is 5.20. The molecule has 0 N–H and O–H groups in total. The molecule has 0 bridgehead atoms. The first-order valence-electron chi connectivity index (χ1n) is 8.00. The van der Waals surface area contributed by atoms with Crippen LogP contribution in [0.2, 0.25) is 0 Å². The highest BCUT2D eigenvalue weighted by atomic mass is 19.1. The smallest absolute Gasteiger partial charge is 0.212 e. The standard InChI is InChI=1S/C17H22FN5O/c1-22(9-13-3-4-17(24-2)20-8-13)11-15-7-14(18)10-23(15)16-5-6-19-12-21-16/h3-6,8,12,14-15H,7,9-11H2,1-2H3/t14-,15-/m0/s1. The van der Waals surface area contributed by atoms with E-state index in [0.29, 0.717) is 18.8 Å². The molecule has 0 aliphatic carbocycles. The van der Waals surface area contributed by atoms with Gasteiger partial charge in [0.1, 0.15) is 18.3 Å². The topological polar surface area (TPSA) is 54.4 Å². The fourth-order valence-electron chi connectivity index (χ4n) is 3.13. The molecule has 0 amide bonds. The summed E-state index contributed by atoms with van der Waals surface area (Å²) >= 11 is 0. The molecule has 1 fully saturated rings. The third-order valence-corrected chi connectivity index (χ3v) is 4.21. The summed E-state index contributed by atoms with van der Waals surface area (Å²) in [5, 5.41) is 0. The van der Waals surface area contributed by atoms with E-state index < -0.39 is 6.17 Å². The molecule has 3 heterocycles. The Balaban J connectivity index is 1.62. The van der Waals surface area contributed by atoms with E-state index in [9.17, 15) is 4.39 Å². The summed E-state index contributed by atoms with van der Waals surface area (Å²) in [4.78, 5) is 16.6. The summed E-state index contributed by atoms with van der Waals surface area (Å²) in [5.41, 5.74) is 1.10. The summed E-state index contributed by atoms with van der Waals surface area (Å²) in [6, 6.07) is 5.78. The molecule has 0 unspecified atom stereocenters. The molecule has 24 heavy (non-hydrogen) atoms. The van der Waals surface area contributed by atoms with Crippen LogP contribution in [0.1, 0.15) is 12.0 Å². The maximum Gasteiger partial charge on any atom is 0.212 e. The van der Waals surface area contributed by atoms with Crippen LogP contribution in [0, 0.1) is 0 Å². The van der Waals surface area contributed by atoms with Crippen molar-refractivity contribution in [2.45, 2.75) is 25.2 Å². The minimum Gasteiger partial charge on any atom is -0.481 e. The highest BCUT2D eigenvalue weighted by Crippen LogP contribution is 2.26. The minimum absolute atomic E-state index is 0.103. The zero-order valence-electron chi connectivity index (χ0n) is 14.0. The molecule has 1 aliphatic rings. The lowest BCUT2D eigenvalue weighted by atomic mass is 10.2. The number of anilines is 1. The van der Waals surface area contributed by atoms with Crippen LogP contribution in [0.25, 0.3) is 0 Å². The van der Waals surface area contributed by atoms with Crippen LogP contribution >= 0.6 is 0 Å². The van der Waals surface area contributed by atoms with Gasteiger partial charge >= 0.3 is 0 Å². The highest BCUT2D eigenvalue weighted by molar-refractivity contribution is 5.40. The minimum atomic E-state index is -0.819. The van der Waals surface area contributed by atoms with Gasteiger partial charge < -0.3 is 14.5 Å². The number of hydrogen-bond donors (Lipinski definition) is 0. The van der Waals surface area contributed by atoms with Crippen LogP contribution in [0.5, 0.6) is 5.88 Å². The second-order valence-corrected chi connectivity index (χ2v) is 6.11. The lowest BCUT2D eigenvalue weighted by Gasteiger charge is -2.29. The van der Waals surface area contributed by atoms with Gasteiger partial charge in [0, 0.05) is 44.0 Å². The zero-order valence-corrected chi connectivity index (χ0v) is 14.0. The molecule has 2 aromatic heterocycles. The van der Waals surface area contributed by atoms with Crippen molar-refractivity contribution in [2.75, 3.05) is 32.1 Å². The number of aromatic nitrogens is 3. The van der Waals surface area contributed by atoms with Gasteiger partial charge in [-0.2, -0.15) is 0 Å². The Labute approximate surface area is 141 Å². The van der Waals surface area contributed by atoms with Gasteiger partial charge in [-0.15, -0.1) is 0 Å². The quantitative estimate of drug-likeness (QED) is 0.806. The normalized spacial score (nSPS) is 20.6. The molecule has 2 atom stereocenters. The van der Waals surface area contributed by atoms with Gasteiger partial charge in [-0.3, -0.25) is 0 Å². The summed E-state index contributed by atoms with van der Waals surface area (Å²) in [7, 11) is 3.64. The van der Waals surface area contributed by atoms with E-state index in [1.165, 1.54) is 6.33 Å². The van der Waals surface area contributed by atoms with Crippen molar-refractivity contribution in [1.82, 2.24) is 19.9 Å². The second-order valence-electron chi connectivity index (χ2n) is 6.11. The van der Waals surface area contributed by atoms with Crippen molar-refractivity contribution < 1.29 is 9.13 Å². The third kappa shape index (κ3) is 3.97. The van der Waals surface area contributed by atoms with Crippen molar-refractivity contribution in [3.63, 3.8) is 0 Å². The molecule has 0 saturated carbocycles. The number of halogens is 1. The third-order valence-electron chi connectivity index (χ3n) is 4.21. The molecule has 3 rings (SSSR count). The van der Waals surface area contributed by atoms with Gasteiger partial charge in [0.25, 0.3) is 0 Å². The first kappa shape index (κ1) is 16.6. The van der Waals surface area contributed by atoms with Crippen molar-refractivity contribution >= 4 is 5.82 Å². The summed E-state index contributed by atoms with van der Waals surface area (Å²) in [6.07, 6.45) is 4.71. The SMILES string of the molecule is COc1ccc(CN(C)C[C@@H]2C[C@H](F)CN2c2ccncn2)cn1. The number of methoxy groups -OCH3 is 1. The monoisotopic (exact) mass is 331 g/mol. The number of ether oxygens (including phenoxy) is 1. The van der Waals surface area contributed by atoms with Gasteiger partial charge in [0.2, 0.25) is 5.88 Å². The number of likely N-dealkylation sites (N-methyl/N-ethyl adjacent to an activating group) is 1. The first-order chi connectivity index (χ1) is 11.7. The van der Waals surface area contributed by atoms with Gasteiger partial charge in [-0.1, -0.05) is 6.07 Å². The molecule has 128 valence electrons. The molecule has 0 aromatic carbocycles. The van der Waals surface area contributed by atoms with Crippen LogP contribution < -0.4 is 9.64 Å². The van der Waals surface area contributed by atoms with E-state index in [-0.39, 0.29) is 6.04 Å². The fraction of sp³-hybridized carbons (Fsp3) is 0.471. The van der Waals surface area contributed by atoms with Crippen molar-refractivity contribution in [1.29, 1.82) is 0 Å². The average Bonchev–Trinajstić information content (AvgIpc) is 2.96. The molecular weight excluding hydrogens is 309 g/mol. The van der Waals surface area contributed by atoms with Crippen molar-refractivity contribution in [2.24, 2.45) is 0 Å². The number of alkyl halides is 1. The van der Waals surface area contributed by atoms with E-state index in [2.05, 4.69) is 19.9 Å². The van der Waals surface area contributed by atoms with Gasteiger partial charge in [0.05, 0.1) is 13.7 Å². The van der Waals surface area contributed by atoms with Crippen molar-refractivity contribution in [3.8, 4) is 5.88 Å². The van der Waals surface area contributed by atoms with Gasteiger partial charge in [0.15, 0.2) is 0 Å². The van der Waals surface area contributed by atoms with Crippen LogP contribution in [0.4, 0.5) is 10.2 Å². The largest absolute Gasteiger partial charge is 0.481 e. The molecule has 0 radical (unpaired) electrons. The van der Waals surface area contributed by atoms with Crippen LogP contribution in [0.15, 0.2) is 36.9 Å². The fourth-order valence-corrected chi connectivity index (χ4v) is 3.13. The Morgan fingerprint density at radius 1 is 1.33 bits per heavy atom. The van der Waals surface area contributed by atoms with Crippen LogP contribution in [-0.4, -0.2) is 59.3 Å². The molecular formula is C17H22FN5O. The highest BCUT2D eigenvalue weighted by Gasteiger charge is 2.33. The van der Waals surface area contributed by atoms with E-state index in [0.717, 1.165) is 24.5 Å². The Morgan fingerprint density at radius 3 is 2.88 bits per heavy atom. The van der Waals surface area contributed by atoms with E-state index in [1.807, 2.05) is 36.3 Å². The van der Waals surface area contributed by atoms with E-state index in [1.54, 1.807) is 13.3 Å². The van der Waals surface area contributed by atoms with Crippen LogP contribution in [-0.2, 0) is 6.54 Å². The summed E-state index contributed by atoms with van der Waals surface area (Å²) in [5.74, 6) is 1.39. The lowest BCUT2D eigenvalue weighted by Crippen LogP contribution is -2.39. The number of rotatable bonds is 6. The molecule has 0 spiro atoms. The predicted molar refractivity (Wildman–Crippen MR) is 89.8 cm³/mol. The average molecular weight is 331 g/mol. The first-order valence-corrected chi connectivity index (χ1v) is 8.00. The number of pyridine rings is 1. The molecule has 7 heteroatoms. The number of hydrogen-bond acceptors (Lipinski definition) is 6. The van der Waals surface area contributed by atoms with Crippen molar-refractivity contribution in [3.05, 3.63) is 42.5 Å². The van der Waals surface area contributed by atoms with E-state index in [4.69, 9.17) is 4.74 Å². The number of nitrogens with zero attached hydrogens (tertiary/aromatic N) is 5. The molecule has 1 aliphatic heterocycles. The van der Waals surface area contributed by atoms with E-state index >= 15 is 0 Å². The van der Waals surface area contributed by atoms with Crippen LogP contribution in [0.3, 0.4) is 0 Å².